The zero-order chi connectivity index (χ0) is 21.6. The number of aryl methyl sites for hydroxylation is 1. The number of aromatic nitrogens is 1. The third-order valence-corrected chi connectivity index (χ3v) is 6.41. The van der Waals surface area contributed by atoms with Gasteiger partial charge in [-0.15, -0.1) is 0 Å². The number of fused-ring (bicyclic) bond motifs is 1. The van der Waals surface area contributed by atoms with E-state index in [2.05, 4.69) is 28.4 Å². The zero-order valence-corrected chi connectivity index (χ0v) is 18.2. The van der Waals surface area contributed by atoms with Crippen LogP contribution in [0.5, 0.6) is 5.75 Å². The second-order valence-corrected chi connectivity index (χ2v) is 8.39. The smallest absolute Gasteiger partial charge is 0.148 e. The number of benzene rings is 1. The Kier molecular flexibility index (Phi) is 6.57. The maximum absolute atomic E-state index is 9.89. The molecule has 1 N–H and O–H groups in total. The lowest BCUT2D eigenvalue weighted by atomic mass is 9.91. The van der Waals surface area contributed by atoms with Gasteiger partial charge >= 0.3 is 0 Å². The number of hydrogen-bond donors (Lipinski definition) is 1. The molecule has 2 heterocycles. The number of nitrogens with zero attached hydrogens (tertiary/aromatic N) is 4. The first-order valence-corrected chi connectivity index (χ1v) is 11.2. The average molecular weight is 416 g/mol. The first-order chi connectivity index (χ1) is 15.2. The van der Waals surface area contributed by atoms with Gasteiger partial charge in [-0.3, -0.25) is 0 Å². The molecule has 0 unspecified atom stereocenters. The molecule has 2 aromatic rings. The van der Waals surface area contributed by atoms with Gasteiger partial charge in [0.1, 0.15) is 29.3 Å². The zero-order valence-electron chi connectivity index (χ0n) is 18.2. The molecule has 0 amide bonds. The molecule has 6 nitrogen and oxygen atoms in total. The van der Waals surface area contributed by atoms with Crippen LogP contribution in [0.1, 0.15) is 60.9 Å². The molecule has 160 valence electrons. The van der Waals surface area contributed by atoms with Crippen molar-refractivity contribution in [2.75, 3.05) is 30.4 Å². The number of ether oxygens (including phenoxy) is 1. The molecule has 31 heavy (non-hydrogen) atoms. The van der Waals surface area contributed by atoms with Crippen LogP contribution in [0.2, 0.25) is 0 Å². The number of anilines is 2. The maximum atomic E-state index is 9.89. The molecule has 0 radical (unpaired) electrons. The van der Waals surface area contributed by atoms with Crippen LogP contribution in [-0.2, 0) is 12.8 Å². The van der Waals surface area contributed by atoms with E-state index in [-0.39, 0.29) is 0 Å². The highest BCUT2D eigenvalue weighted by Crippen LogP contribution is 2.32. The van der Waals surface area contributed by atoms with Gasteiger partial charge in [0, 0.05) is 36.6 Å². The lowest BCUT2D eigenvalue weighted by Crippen LogP contribution is -2.40. The Labute approximate surface area is 184 Å². The highest BCUT2D eigenvalue weighted by atomic mass is 16.5. The van der Waals surface area contributed by atoms with E-state index in [1.165, 1.54) is 12.8 Å². The van der Waals surface area contributed by atoms with Crippen LogP contribution < -0.4 is 15.0 Å². The molecule has 0 spiro atoms. The summed E-state index contributed by atoms with van der Waals surface area (Å²) in [6.07, 6.45) is 8.20. The normalized spacial score (nSPS) is 16.9. The van der Waals surface area contributed by atoms with Crippen molar-refractivity contribution in [3.63, 3.8) is 0 Å². The van der Waals surface area contributed by atoms with Gasteiger partial charge in [-0.05, 0) is 56.2 Å². The standard InChI is InChI=1S/C25H29N5O/c1-31-20-8-6-7-19(15-20)28-18-11-13-30(14-12-18)25-23(17-27)22(16-26)21-9-4-2-3-5-10-24(21)29-25/h6-8,15,18,28H,2-5,9-14H2,1H3. The number of nitriles is 2. The Morgan fingerprint density at radius 2 is 1.77 bits per heavy atom. The number of rotatable bonds is 4. The predicted octanol–water partition coefficient (Wildman–Crippen LogP) is 4.57. The van der Waals surface area contributed by atoms with Gasteiger partial charge < -0.3 is 15.0 Å². The quantitative estimate of drug-likeness (QED) is 0.787. The monoisotopic (exact) mass is 415 g/mol. The summed E-state index contributed by atoms with van der Waals surface area (Å²) in [6, 6.07) is 13.0. The van der Waals surface area contributed by atoms with Gasteiger partial charge in [0.25, 0.3) is 0 Å². The van der Waals surface area contributed by atoms with Gasteiger partial charge in [-0.2, -0.15) is 10.5 Å². The highest BCUT2D eigenvalue weighted by Gasteiger charge is 2.27. The van der Waals surface area contributed by atoms with Crippen molar-refractivity contribution in [3.8, 4) is 17.9 Å². The minimum absolute atomic E-state index is 0.355. The molecular formula is C25H29N5O. The number of pyridine rings is 1. The van der Waals surface area contributed by atoms with Crippen molar-refractivity contribution >= 4 is 11.5 Å². The fourth-order valence-corrected chi connectivity index (χ4v) is 4.72. The summed E-state index contributed by atoms with van der Waals surface area (Å²) < 4.78 is 5.31. The van der Waals surface area contributed by atoms with Crippen LogP contribution in [0, 0.1) is 22.7 Å². The summed E-state index contributed by atoms with van der Waals surface area (Å²) in [6.45, 7) is 1.62. The number of hydrogen-bond acceptors (Lipinski definition) is 6. The summed E-state index contributed by atoms with van der Waals surface area (Å²) >= 11 is 0. The molecule has 0 saturated carbocycles. The number of nitrogens with one attached hydrogen (secondary N) is 1. The van der Waals surface area contributed by atoms with Crippen molar-refractivity contribution in [2.45, 2.75) is 57.4 Å². The fourth-order valence-electron chi connectivity index (χ4n) is 4.72. The lowest BCUT2D eigenvalue weighted by Gasteiger charge is -2.34. The molecule has 1 aliphatic carbocycles. The van der Waals surface area contributed by atoms with Crippen LogP contribution in [0.3, 0.4) is 0 Å². The highest BCUT2D eigenvalue weighted by molar-refractivity contribution is 5.65. The molecule has 1 aliphatic heterocycles. The molecule has 1 aromatic carbocycles. The van der Waals surface area contributed by atoms with E-state index in [4.69, 9.17) is 9.72 Å². The van der Waals surface area contributed by atoms with Crippen LogP contribution in [-0.4, -0.2) is 31.2 Å². The van der Waals surface area contributed by atoms with E-state index in [9.17, 15) is 10.5 Å². The molecule has 1 saturated heterocycles. The van der Waals surface area contributed by atoms with Crippen molar-refractivity contribution in [1.29, 1.82) is 10.5 Å². The first-order valence-electron chi connectivity index (χ1n) is 11.2. The minimum atomic E-state index is 0.355. The van der Waals surface area contributed by atoms with Gasteiger partial charge in [0.05, 0.1) is 12.7 Å². The van der Waals surface area contributed by atoms with Gasteiger partial charge in [0.2, 0.25) is 0 Å². The number of methoxy groups -OCH3 is 1. The number of piperidine rings is 1. The van der Waals surface area contributed by atoms with E-state index >= 15 is 0 Å². The molecule has 0 atom stereocenters. The van der Waals surface area contributed by atoms with Crippen molar-refractivity contribution in [1.82, 2.24) is 4.98 Å². The molecule has 0 bridgehead atoms. The molecule has 1 fully saturated rings. The second-order valence-electron chi connectivity index (χ2n) is 8.39. The summed E-state index contributed by atoms with van der Waals surface area (Å²) in [5, 5.41) is 23.4. The minimum Gasteiger partial charge on any atom is -0.497 e. The Hall–Kier alpha value is -3.25. The van der Waals surface area contributed by atoms with E-state index in [1.807, 2.05) is 18.2 Å². The van der Waals surface area contributed by atoms with E-state index < -0.39 is 0 Å². The van der Waals surface area contributed by atoms with E-state index in [0.717, 1.165) is 74.3 Å². The molecular weight excluding hydrogens is 386 g/mol. The lowest BCUT2D eigenvalue weighted by molar-refractivity contribution is 0.415. The predicted molar refractivity (Wildman–Crippen MR) is 121 cm³/mol. The van der Waals surface area contributed by atoms with Crippen LogP contribution in [0.15, 0.2) is 24.3 Å². The molecule has 2 aliphatic rings. The van der Waals surface area contributed by atoms with Crippen molar-refractivity contribution in [3.05, 3.63) is 46.6 Å². The van der Waals surface area contributed by atoms with Crippen LogP contribution >= 0.6 is 0 Å². The molecule has 1 aromatic heterocycles. The van der Waals surface area contributed by atoms with E-state index in [1.54, 1.807) is 7.11 Å². The summed E-state index contributed by atoms with van der Waals surface area (Å²) in [4.78, 5) is 7.16. The topological polar surface area (TPSA) is 85.0 Å². The van der Waals surface area contributed by atoms with Gasteiger partial charge in [0.15, 0.2) is 0 Å². The average Bonchev–Trinajstić information content (AvgIpc) is 2.79. The SMILES string of the molecule is COc1cccc(NC2CCN(c3nc4c(c(C#N)c3C#N)CCCCCC4)CC2)c1. The Morgan fingerprint density at radius 3 is 2.48 bits per heavy atom. The largest absolute Gasteiger partial charge is 0.497 e. The van der Waals surface area contributed by atoms with Crippen molar-refractivity contribution < 1.29 is 4.74 Å². The Balaban J connectivity index is 1.53. The van der Waals surface area contributed by atoms with Crippen LogP contribution in [0.4, 0.5) is 11.5 Å². The molecule has 4 rings (SSSR count). The Morgan fingerprint density at radius 1 is 1.03 bits per heavy atom. The van der Waals surface area contributed by atoms with Crippen LogP contribution in [0.25, 0.3) is 0 Å². The summed E-state index contributed by atoms with van der Waals surface area (Å²) in [7, 11) is 1.68. The third-order valence-electron chi connectivity index (χ3n) is 6.41. The summed E-state index contributed by atoms with van der Waals surface area (Å²) in [5.41, 5.74) is 4.11. The first kappa shape index (κ1) is 21.0. The summed E-state index contributed by atoms with van der Waals surface area (Å²) in [5.74, 6) is 1.55. The van der Waals surface area contributed by atoms with Gasteiger partial charge in [-0.1, -0.05) is 18.9 Å². The second kappa shape index (κ2) is 9.71. The van der Waals surface area contributed by atoms with Crippen molar-refractivity contribution in [2.24, 2.45) is 0 Å². The molecule has 6 heteroatoms. The van der Waals surface area contributed by atoms with E-state index in [0.29, 0.717) is 23.0 Å². The van der Waals surface area contributed by atoms with Gasteiger partial charge in [-0.25, -0.2) is 4.98 Å². The fraction of sp³-hybridized carbons (Fsp3) is 0.480. The Bertz CT molecular complexity index is 1010. The maximum Gasteiger partial charge on any atom is 0.148 e. The third kappa shape index (κ3) is 4.59.